The van der Waals surface area contributed by atoms with E-state index in [4.69, 9.17) is 177 Å². The second kappa shape index (κ2) is 51.7. The van der Waals surface area contributed by atoms with Crippen LogP contribution in [0.1, 0.15) is 33.4 Å². The molecule has 0 saturated carbocycles. The van der Waals surface area contributed by atoms with Crippen molar-refractivity contribution in [2.75, 3.05) is 81.0 Å². The lowest BCUT2D eigenvalue weighted by atomic mass is 10.1. The number of benzene rings is 8. The second-order valence-electron chi connectivity index (χ2n) is 30.3. The van der Waals surface area contributed by atoms with Gasteiger partial charge < -0.3 is 81.3 Å². The molecule has 0 aliphatic carbocycles. The maximum Gasteiger partial charge on any atom is 0.138 e. The van der Waals surface area contributed by atoms with E-state index < -0.39 is 0 Å². The SMILES string of the molecule is C=C1C=C(COc2cc(C)c(Cl)cc2C)NN1.C=C1C=C(COc2cc(C)c(Cl)cc2C)NN1C.C=C1C=C(COc2cc(C)c(Cl)cc2Cl)NN1.C=C1C=C(COc2cc(C)c(Cl)cc2Cl)NN1C.C=C1C=C(COc2cc(Cl)cc(Cl)c2)NN1.C=C1C=C(COc2cc(Cl)cc(Cl)c2)NN1C.C=C1C=C(COc2ccc(Cl)cc2)NN1.C=C1C=C(COc2ccc(Cl)cc2)NN1C. The van der Waals surface area contributed by atoms with E-state index in [1.807, 2.05) is 199 Å². The first-order valence-electron chi connectivity index (χ1n) is 40.8. The Morgan fingerprint density at radius 3 is 0.687 bits per heavy atom. The highest BCUT2D eigenvalue weighted by Gasteiger charge is 2.20. The lowest BCUT2D eigenvalue weighted by Crippen LogP contribution is -2.28. The van der Waals surface area contributed by atoms with Crippen molar-refractivity contribution >= 4 is 139 Å². The molecule has 0 saturated heterocycles. The summed E-state index contributed by atoms with van der Waals surface area (Å²) in [6.45, 7) is 45.8. The number of hydrogen-bond donors (Lipinski definition) is 12. The molecule has 8 aliphatic heterocycles. The number of nitrogens with one attached hydrogen (secondary N) is 12. The van der Waals surface area contributed by atoms with Crippen LogP contribution in [0.25, 0.3) is 0 Å². The van der Waals surface area contributed by atoms with Gasteiger partial charge in [0.1, 0.15) is 98.9 Å². The smallest absolute Gasteiger partial charge is 0.138 e. The average molecular weight is 2060 g/mol. The zero-order valence-electron chi connectivity index (χ0n) is 75.2. The minimum Gasteiger partial charge on any atom is -0.487 e. The largest absolute Gasteiger partial charge is 0.487 e. The highest BCUT2D eigenvalue weighted by Crippen LogP contribution is 2.35. The van der Waals surface area contributed by atoms with Crippen molar-refractivity contribution in [3.8, 4) is 46.0 Å². The summed E-state index contributed by atoms with van der Waals surface area (Å²) >= 11 is 71.1. The molecule has 8 heterocycles. The molecule has 134 heavy (non-hydrogen) atoms. The van der Waals surface area contributed by atoms with Crippen molar-refractivity contribution in [2.45, 2.75) is 41.5 Å². The van der Waals surface area contributed by atoms with E-state index in [0.717, 1.165) is 158 Å². The summed E-state index contributed by atoms with van der Waals surface area (Å²) in [5.74, 6) is 5.83. The Kier molecular flexibility index (Phi) is 40.9. The molecule has 0 aromatic heterocycles. The third kappa shape index (κ3) is 35.3. The Morgan fingerprint density at radius 1 is 0.216 bits per heavy atom. The van der Waals surface area contributed by atoms with Crippen molar-refractivity contribution < 1.29 is 37.9 Å². The van der Waals surface area contributed by atoms with Crippen molar-refractivity contribution in [3.05, 3.63) is 420 Å². The van der Waals surface area contributed by atoms with Crippen LogP contribution in [0.4, 0.5) is 0 Å². The number of hydrazine groups is 8. The second-order valence-corrected chi connectivity index (χ2v) is 35.4. The van der Waals surface area contributed by atoms with Gasteiger partial charge in [-0.1, -0.05) is 192 Å². The molecule has 708 valence electrons. The fourth-order valence-corrected chi connectivity index (χ4v) is 14.3. The zero-order valence-corrected chi connectivity index (χ0v) is 84.3. The van der Waals surface area contributed by atoms with Gasteiger partial charge in [0.15, 0.2) is 0 Å². The lowest BCUT2D eigenvalue weighted by Gasteiger charge is -2.16. The topological polar surface area (TPSA) is 231 Å². The van der Waals surface area contributed by atoms with Crippen molar-refractivity contribution in [1.82, 2.24) is 85.1 Å². The van der Waals surface area contributed by atoms with Crippen LogP contribution in [0.2, 0.25) is 60.3 Å². The molecule has 0 fully saturated rings. The van der Waals surface area contributed by atoms with Crippen LogP contribution in [-0.4, -0.2) is 101 Å². The summed E-state index contributed by atoms with van der Waals surface area (Å²) in [5, 5.41) is 14.8. The van der Waals surface area contributed by atoms with E-state index in [9.17, 15) is 0 Å². The fraction of sp³-hybridized carbons (Fsp3) is 0.184. The molecule has 12 N–H and O–H groups in total. The normalized spacial score (nSPS) is 14.4. The molecule has 36 heteroatoms. The number of rotatable bonds is 24. The first-order chi connectivity index (χ1) is 63.6. The minimum absolute atomic E-state index is 0.396. The van der Waals surface area contributed by atoms with Gasteiger partial charge >= 0.3 is 0 Å². The molecule has 24 nitrogen and oxygen atoms in total. The summed E-state index contributed by atoms with van der Waals surface area (Å²) in [5.41, 5.74) is 56.3. The molecular formula is C98H104Cl12N16O8. The summed E-state index contributed by atoms with van der Waals surface area (Å²) in [6, 6.07) is 39.5. The van der Waals surface area contributed by atoms with Crippen molar-refractivity contribution in [2.24, 2.45) is 0 Å². The standard InChI is InChI=1S/C14H17ClN2O.C13H14Cl2N2O.C13H15ClN2O.2C12H12Cl2N2O.C12H13ClN2O.C11H10Cl2N2O.C11H11ClN2O/c1-9-6-14(10(2)5-13(9)15)18-8-12-7-11(3)17(4)16-12;1-8-4-13(12(15)6-11(8)14)18-7-10-5-9(2)17(3)16-10;1-8-5-13(9(2)4-12(8)14)17-7-11-6-10(3)15-16-11;1-8-3-11(15-16(8)2)7-17-12-5-9(13)4-10(14)6-12;1-7-3-12(11(14)5-10(7)13)17-6-9-4-8(2)15-16-9;1-9-7-11(14-15(9)2)8-16-12-5-3-10(13)4-6-12;1-7-2-10(15-14-7)6-16-11-4-8(12)3-9(13)5-11;1-8-6-10(14-13-8)7-15-11-4-2-9(12)3-5-11/h5-7,16H,3,8H2,1-2,4H3;4-6,16H,2,7H2,1,3H3;4-6,15-16H,3,7H2,1-2H3;3-6,15H,1,7H2,2H3;3-5,15-16H,2,6H2,1H3;3-7,14H,1,8H2,2H3;2-5,14-15H,1,6H2;2-6,13-14H,1,7H2. The highest BCUT2D eigenvalue weighted by atomic mass is 35.5. The number of aryl methyl sites for hydroxylation is 6. The predicted molar refractivity (Wildman–Crippen MR) is 551 cm³/mol. The van der Waals surface area contributed by atoms with Crippen molar-refractivity contribution in [1.29, 1.82) is 0 Å². The Morgan fingerprint density at radius 2 is 0.440 bits per heavy atom. The fourth-order valence-electron chi connectivity index (χ4n) is 11.7. The third-order valence-corrected chi connectivity index (χ3v) is 22.6. The summed E-state index contributed by atoms with van der Waals surface area (Å²) in [7, 11) is 7.62. The van der Waals surface area contributed by atoms with Crippen LogP contribution < -0.4 is 103 Å². The molecule has 8 aromatic rings. The van der Waals surface area contributed by atoms with Gasteiger partial charge in [-0.25, -0.2) is 0 Å². The molecule has 16 rings (SSSR count). The number of ether oxygens (including phenoxy) is 8. The van der Waals surface area contributed by atoms with Crippen LogP contribution in [0.3, 0.4) is 0 Å². The first-order valence-corrected chi connectivity index (χ1v) is 45.3. The van der Waals surface area contributed by atoms with Crippen LogP contribution in [0, 0.1) is 41.5 Å². The van der Waals surface area contributed by atoms with Crippen molar-refractivity contribution in [3.63, 3.8) is 0 Å². The predicted octanol–water partition coefficient (Wildman–Crippen LogP) is 23.6. The summed E-state index contributed by atoms with van der Waals surface area (Å²) < 4.78 is 45.0. The van der Waals surface area contributed by atoms with Gasteiger partial charge in [-0.2, -0.15) is 0 Å². The highest BCUT2D eigenvalue weighted by molar-refractivity contribution is 6.37. The van der Waals surface area contributed by atoms with Gasteiger partial charge in [-0.3, -0.25) is 41.7 Å². The van der Waals surface area contributed by atoms with E-state index in [1.165, 1.54) is 0 Å². The Labute approximate surface area is 843 Å². The first kappa shape index (κ1) is 106. The van der Waals surface area contributed by atoms with Gasteiger partial charge in [0.25, 0.3) is 0 Å². The van der Waals surface area contributed by atoms with Crippen LogP contribution in [0.15, 0.2) is 326 Å². The molecule has 0 unspecified atom stereocenters. The molecule has 8 aliphatic rings. The number of nitrogens with zero attached hydrogens (tertiary/aromatic N) is 4. The molecule has 0 spiro atoms. The number of hydrogen-bond acceptors (Lipinski definition) is 24. The monoisotopic (exact) mass is 2050 g/mol. The number of likely N-dealkylation sites (N-methyl/N-ethyl adjacent to an activating group) is 4. The Balaban J connectivity index is 0.000000172. The third-order valence-electron chi connectivity index (χ3n) is 19.0. The molecule has 0 bridgehead atoms. The van der Waals surface area contributed by atoms with Crippen LogP contribution >= 0.6 is 139 Å². The van der Waals surface area contributed by atoms with E-state index in [1.54, 1.807) is 72.8 Å². The molecular weight excluding hydrogens is 1950 g/mol. The van der Waals surface area contributed by atoms with E-state index in [0.29, 0.717) is 126 Å². The van der Waals surface area contributed by atoms with Crippen LogP contribution in [0.5, 0.6) is 46.0 Å². The molecule has 0 radical (unpaired) electrons. The van der Waals surface area contributed by atoms with E-state index in [2.05, 4.69) is 118 Å². The lowest BCUT2D eigenvalue weighted by molar-refractivity contribution is 0.304. The van der Waals surface area contributed by atoms with Gasteiger partial charge in [0.2, 0.25) is 0 Å². The number of halogens is 12. The zero-order chi connectivity index (χ0) is 97.6. The Hall–Kier alpha value is -11.7. The van der Waals surface area contributed by atoms with E-state index in [-0.39, 0.29) is 0 Å². The van der Waals surface area contributed by atoms with Gasteiger partial charge in [0.05, 0.1) is 78.4 Å². The van der Waals surface area contributed by atoms with Gasteiger partial charge in [-0.15, -0.1) is 0 Å². The van der Waals surface area contributed by atoms with Crippen LogP contribution in [-0.2, 0) is 0 Å². The molecule has 0 atom stereocenters. The molecule has 0 amide bonds. The van der Waals surface area contributed by atoms with Gasteiger partial charge in [-0.05, 0) is 257 Å². The quantitative estimate of drug-likeness (QED) is 0.0270. The van der Waals surface area contributed by atoms with E-state index >= 15 is 0 Å². The minimum atomic E-state index is 0.396. The summed E-state index contributed by atoms with van der Waals surface area (Å²) in [4.78, 5) is 0. The Bertz CT molecular complexity index is 5710. The maximum absolute atomic E-state index is 6.07. The number of allylic oxidation sites excluding steroid dienone is 8. The maximum atomic E-state index is 6.07. The molecule has 8 aromatic carbocycles. The average Bonchev–Trinajstić information content (AvgIpc) is 1.13. The summed E-state index contributed by atoms with van der Waals surface area (Å²) in [6.07, 6.45) is 15.3. The van der Waals surface area contributed by atoms with Gasteiger partial charge in [0, 0.05) is 101 Å².